The quantitative estimate of drug-likeness (QED) is 0.899. The first-order valence-corrected chi connectivity index (χ1v) is 5.12. The van der Waals surface area contributed by atoms with E-state index < -0.39 is 5.97 Å². The van der Waals surface area contributed by atoms with E-state index in [0.717, 1.165) is 6.20 Å². The van der Waals surface area contributed by atoms with Gasteiger partial charge in [-0.2, -0.15) is 0 Å². The van der Waals surface area contributed by atoms with Crippen LogP contribution in [0.5, 0.6) is 0 Å². The highest BCUT2D eigenvalue weighted by molar-refractivity contribution is 5.85. The summed E-state index contributed by atoms with van der Waals surface area (Å²) in [4.78, 5) is 20.1. The second kappa shape index (κ2) is 4.79. The van der Waals surface area contributed by atoms with Gasteiger partial charge in [-0.3, -0.25) is 4.98 Å². The lowest BCUT2D eigenvalue weighted by Crippen LogP contribution is -2.14. The Morgan fingerprint density at radius 2 is 2.17 bits per heavy atom. The molecule has 0 saturated heterocycles. The van der Waals surface area contributed by atoms with Crippen LogP contribution in [0.1, 0.15) is 10.5 Å². The van der Waals surface area contributed by atoms with Gasteiger partial charge in [-0.05, 0) is 18.2 Å². The minimum absolute atomic E-state index is 0.157. The first-order chi connectivity index (χ1) is 8.58. The van der Waals surface area contributed by atoms with Gasteiger partial charge in [0.15, 0.2) is 11.5 Å². The maximum absolute atomic E-state index is 13.1. The molecule has 0 aliphatic heterocycles. The van der Waals surface area contributed by atoms with Gasteiger partial charge < -0.3 is 10.0 Å². The number of nitrogens with zero attached hydrogens (tertiary/aromatic N) is 3. The summed E-state index contributed by atoms with van der Waals surface area (Å²) >= 11 is 0. The SMILES string of the molecule is CN(c1cccc(F)c1)c1cncc(C(=O)O)n1. The van der Waals surface area contributed by atoms with Crippen LogP contribution in [0, 0.1) is 5.82 Å². The molecule has 0 aliphatic carbocycles. The Labute approximate surface area is 103 Å². The number of carboxylic acid groups (broad SMARTS) is 1. The van der Waals surface area contributed by atoms with E-state index in [2.05, 4.69) is 9.97 Å². The summed E-state index contributed by atoms with van der Waals surface area (Å²) in [6, 6.07) is 5.92. The molecule has 0 aliphatic rings. The molecule has 0 bridgehead atoms. The van der Waals surface area contributed by atoms with Crippen molar-refractivity contribution in [3.05, 3.63) is 48.2 Å². The lowest BCUT2D eigenvalue weighted by atomic mass is 10.3. The number of aromatic carboxylic acids is 1. The predicted octanol–water partition coefficient (Wildman–Crippen LogP) is 2.08. The molecule has 0 saturated carbocycles. The van der Waals surface area contributed by atoms with Crippen LogP contribution >= 0.6 is 0 Å². The third-order valence-electron chi connectivity index (χ3n) is 2.38. The standard InChI is InChI=1S/C12H10FN3O2/c1-16(9-4-2-3-8(13)5-9)11-7-14-6-10(15-11)12(17)18/h2-7H,1H3,(H,17,18). The Bertz CT molecular complexity index is 589. The normalized spacial score (nSPS) is 10.1. The van der Waals surface area contributed by atoms with Crippen LogP contribution in [0.3, 0.4) is 0 Å². The highest BCUT2D eigenvalue weighted by Crippen LogP contribution is 2.21. The number of carboxylic acids is 1. The molecule has 6 heteroatoms. The van der Waals surface area contributed by atoms with Crippen molar-refractivity contribution in [2.24, 2.45) is 0 Å². The summed E-state index contributed by atoms with van der Waals surface area (Å²) in [7, 11) is 1.66. The van der Waals surface area contributed by atoms with Crippen LogP contribution in [0.15, 0.2) is 36.7 Å². The smallest absolute Gasteiger partial charge is 0.356 e. The summed E-state index contributed by atoms with van der Waals surface area (Å²) < 4.78 is 13.1. The lowest BCUT2D eigenvalue weighted by molar-refractivity contribution is 0.0690. The monoisotopic (exact) mass is 247 g/mol. The number of hydrogen-bond acceptors (Lipinski definition) is 4. The highest BCUT2D eigenvalue weighted by atomic mass is 19.1. The molecule has 1 heterocycles. The Hall–Kier alpha value is -2.50. The minimum atomic E-state index is -1.16. The predicted molar refractivity (Wildman–Crippen MR) is 63.5 cm³/mol. The highest BCUT2D eigenvalue weighted by Gasteiger charge is 2.10. The largest absolute Gasteiger partial charge is 0.476 e. The summed E-state index contributed by atoms with van der Waals surface area (Å²) in [5.74, 6) is -1.20. The number of aromatic nitrogens is 2. The molecule has 0 spiro atoms. The third kappa shape index (κ3) is 2.42. The summed E-state index contributed by atoms with van der Waals surface area (Å²) in [5, 5.41) is 8.82. The molecule has 0 radical (unpaired) electrons. The molecular formula is C12H10FN3O2. The zero-order valence-corrected chi connectivity index (χ0v) is 9.54. The molecule has 2 rings (SSSR count). The summed E-state index contributed by atoms with van der Waals surface area (Å²) in [5.41, 5.74) is 0.405. The van der Waals surface area contributed by atoms with Gasteiger partial charge in [-0.25, -0.2) is 14.2 Å². The van der Waals surface area contributed by atoms with Crippen molar-refractivity contribution in [1.82, 2.24) is 9.97 Å². The molecular weight excluding hydrogens is 237 g/mol. The van der Waals surface area contributed by atoms with E-state index in [9.17, 15) is 9.18 Å². The van der Waals surface area contributed by atoms with E-state index in [4.69, 9.17) is 5.11 Å². The van der Waals surface area contributed by atoms with Crippen LogP contribution in [0.25, 0.3) is 0 Å². The van der Waals surface area contributed by atoms with Crippen molar-refractivity contribution in [1.29, 1.82) is 0 Å². The van der Waals surface area contributed by atoms with Crippen LogP contribution in [-0.2, 0) is 0 Å². The van der Waals surface area contributed by atoms with Gasteiger partial charge in [0.2, 0.25) is 0 Å². The van der Waals surface area contributed by atoms with Crippen molar-refractivity contribution in [3.8, 4) is 0 Å². The Kier molecular flexibility index (Phi) is 3.18. The van der Waals surface area contributed by atoms with E-state index in [1.807, 2.05) is 0 Å². The summed E-state index contributed by atoms with van der Waals surface area (Å²) in [6.07, 6.45) is 2.57. The second-order valence-electron chi connectivity index (χ2n) is 3.61. The zero-order chi connectivity index (χ0) is 13.1. The Balaban J connectivity index is 2.36. The van der Waals surface area contributed by atoms with Gasteiger partial charge in [0.25, 0.3) is 0 Å². The molecule has 0 amide bonds. The van der Waals surface area contributed by atoms with Crippen molar-refractivity contribution in [2.45, 2.75) is 0 Å². The van der Waals surface area contributed by atoms with E-state index in [0.29, 0.717) is 11.5 Å². The molecule has 1 aromatic carbocycles. The average Bonchev–Trinajstić information content (AvgIpc) is 2.38. The van der Waals surface area contributed by atoms with Crippen LogP contribution in [-0.4, -0.2) is 28.1 Å². The zero-order valence-electron chi connectivity index (χ0n) is 9.54. The van der Waals surface area contributed by atoms with E-state index in [-0.39, 0.29) is 11.5 Å². The summed E-state index contributed by atoms with van der Waals surface area (Å²) in [6.45, 7) is 0. The average molecular weight is 247 g/mol. The van der Waals surface area contributed by atoms with Crippen molar-refractivity contribution in [3.63, 3.8) is 0 Å². The van der Waals surface area contributed by atoms with Crippen molar-refractivity contribution < 1.29 is 14.3 Å². The van der Waals surface area contributed by atoms with E-state index in [1.54, 1.807) is 24.1 Å². The first-order valence-electron chi connectivity index (χ1n) is 5.12. The second-order valence-corrected chi connectivity index (χ2v) is 3.61. The number of halogens is 1. The Morgan fingerprint density at radius 3 is 2.83 bits per heavy atom. The molecule has 1 aromatic heterocycles. The molecule has 0 fully saturated rings. The van der Waals surface area contributed by atoms with Gasteiger partial charge >= 0.3 is 5.97 Å². The van der Waals surface area contributed by atoms with Crippen molar-refractivity contribution >= 4 is 17.5 Å². The van der Waals surface area contributed by atoms with Crippen LogP contribution in [0.4, 0.5) is 15.9 Å². The number of carbonyl (C=O) groups is 1. The molecule has 0 atom stereocenters. The number of anilines is 2. The third-order valence-corrected chi connectivity index (χ3v) is 2.38. The Morgan fingerprint density at radius 1 is 1.39 bits per heavy atom. The first kappa shape index (κ1) is 12.0. The van der Waals surface area contributed by atoms with Gasteiger partial charge in [0.1, 0.15) is 5.82 Å². The minimum Gasteiger partial charge on any atom is -0.476 e. The molecule has 5 nitrogen and oxygen atoms in total. The van der Waals surface area contributed by atoms with E-state index >= 15 is 0 Å². The molecule has 92 valence electrons. The maximum Gasteiger partial charge on any atom is 0.356 e. The van der Waals surface area contributed by atoms with Gasteiger partial charge in [-0.1, -0.05) is 6.07 Å². The van der Waals surface area contributed by atoms with E-state index in [1.165, 1.54) is 18.3 Å². The van der Waals surface area contributed by atoms with Crippen molar-refractivity contribution in [2.75, 3.05) is 11.9 Å². The topological polar surface area (TPSA) is 66.3 Å². The molecule has 1 N–H and O–H groups in total. The van der Waals surface area contributed by atoms with Crippen LogP contribution in [0.2, 0.25) is 0 Å². The molecule has 0 unspecified atom stereocenters. The fourth-order valence-electron chi connectivity index (χ4n) is 1.44. The van der Waals surface area contributed by atoms with Gasteiger partial charge in [0, 0.05) is 12.7 Å². The fraction of sp³-hybridized carbons (Fsp3) is 0.0833. The molecule has 18 heavy (non-hydrogen) atoms. The maximum atomic E-state index is 13.1. The lowest BCUT2D eigenvalue weighted by Gasteiger charge is -2.17. The van der Waals surface area contributed by atoms with Gasteiger partial charge in [-0.15, -0.1) is 0 Å². The number of rotatable bonds is 3. The number of benzene rings is 1. The fourth-order valence-corrected chi connectivity index (χ4v) is 1.44. The van der Waals surface area contributed by atoms with Gasteiger partial charge in [0.05, 0.1) is 12.4 Å². The van der Waals surface area contributed by atoms with Crippen LogP contribution < -0.4 is 4.90 Å². The molecule has 2 aromatic rings. The number of hydrogen-bond donors (Lipinski definition) is 1.